The van der Waals surface area contributed by atoms with Gasteiger partial charge in [0.2, 0.25) is 0 Å². The van der Waals surface area contributed by atoms with E-state index in [-0.39, 0.29) is 16.2 Å². The molecule has 0 aliphatic heterocycles. The second kappa shape index (κ2) is 10.0. The number of benzene rings is 10. The smallest absolute Gasteiger partial charge is 0.0619 e. The number of aromatic nitrogens is 2. The van der Waals surface area contributed by atoms with E-state index >= 15 is 0 Å². The van der Waals surface area contributed by atoms with Gasteiger partial charge >= 0.3 is 0 Å². The van der Waals surface area contributed by atoms with Crippen molar-refractivity contribution in [2.75, 3.05) is 0 Å². The van der Waals surface area contributed by atoms with Gasteiger partial charge in [0.25, 0.3) is 0 Å². The lowest BCUT2D eigenvalue weighted by Gasteiger charge is -2.34. The third kappa shape index (κ3) is 2.90. The van der Waals surface area contributed by atoms with Crippen molar-refractivity contribution in [3.8, 4) is 11.4 Å². The Balaban J connectivity index is 1.14. The van der Waals surface area contributed by atoms with E-state index < -0.39 is 0 Å². The van der Waals surface area contributed by atoms with Gasteiger partial charge in [0.1, 0.15) is 0 Å². The van der Waals surface area contributed by atoms with Gasteiger partial charge in [0, 0.05) is 58.5 Å². The molecule has 3 atom stereocenters. The van der Waals surface area contributed by atoms with Crippen LogP contribution in [-0.2, 0) is 16.2 Å². The van der Waals surface area contributed by atoms with Gasteiger partial charge < -0.3 is 9.13 Å². The molecule has 3 unspecified atom stereocenters. The van der Waals surface area contributed by atoms with E-state index in [1.54, 1.807) is 0 Å². The fourth-order valence-electron chi connectivity index (χ4n) is 14.7. The molecule has 0 amide bonds. The zero-order chi connectivity index (χ0) is 39.8. The van der Waals surface area contributed by atoms with Gasteiger partial charge in [0.05, 0.1) is 38.3 Å². The Bertz CT molecular complexity index is 4280. The van der Waals surface area contributed by atoms with Crippen molar-refractivity contribution in [1.29, 1.82) is 0 Å². The molecule has 4 aliphatic carbocycles. The van der Waals surface area contributed by atoms with E-state index in [1.807, 2.05) is 11.3 Å². The maximum absolute atomic E-state index is 2.67. The Morgan fingerprint density at radius 3 is 1.42 bits per heavy atom. The maximum atomic E-state index is 2.67. The van der Waals surface area contributed by atoms with Crippen molar-refractivity contribution < 1.29 is 0 Å². The summed E-state index contributed by atoms with van der Waals surface area (Å²) in [6.45, 7) is 0. The van der Waals surface area contributed by atoms with Crippen molar-refractivity contribution in [3.63, 3.8) is 0 Å². The SMILES string of the molecule is c1ccc(-n2c3ccccc3c3c4cccc5c4c(cc32)C23c4cccc6c4c(cc4c7ccccc7n(-c7ccccc7)c64)C24c2cccc6sc7cccc(c7c26)C534)cc1. The largest absolute Gasteiger partial charge is 0.309 e. The van der Waals surface area contributed by atoms with Crippen LogP contribution in [0.1, 0.15) is 33.4 Å². The van der Waals surface area contributed by atoms with Gasteiger partial charge in [-0.05, 0) is 110 Å². The third-order valence-electron chi connectivity index (χ3n) is 16.2. The number of rotatable bonds is 2. The molecule has 2 nitrogen and oxygen atoms in total. The Hall–Kier alpha value is -7.46. The van der Waals surface area contributed by atoms with Gasteiger partial charge in [0.15, 0.2) is 0 Å². The van der Waals surface area contributed by atoms with Crippen LogP contribution in [0.3, 0.4) is 0 Å². The molecule has 0 N–H and O–H groups in total. The zero-order valence-electron chi connectivity index (χ0n) is 33.3. The molecular weight excluding hydrogens is 769 g/mol. The average Bonchev–Trinajstić information content (AvgIpc) is 3.86. The number of hydrogen-bond acceptors (Lipinski definition) is 1. The van der Waals surface area contributed by atoms with Crippen LogP contribution in [0.5, 0.6) is 0 Å². The average molecular weight is 801 g/mol. The molecule has 13 aromatic rings. The van der Waals surface area contributed by atoms with E-state index in [0.29, 0.717) is 0 Å². The van der Waals surface area contributed by atoms with Crippen LogP contribution in [0.25, 0.3) is 96.7 Å². The third-order valence-corrected chi connectivity index (χ3v) is 17.3. The molecule has 17 rings (SSSR count). The number of fused-ring (bicyclic) bond motifs is 8. The molecule has 3 spiro atoms. The Morgan fingerprint density at radius 1 is 0.290 bits per heavy atom. The van der Waals surface area contributed by atoms with E-state index in [1.165, 1.54) is 130 Å². The van der Waals surface area contributed by atoms with Crippen molar-refractivity contribution >= 4 is 96.7 Å². The normalized spacial score (nSPS) is 21.1. The first-order valence-corrected chi connectivity index (χ1v) is 22.7. The summed E-state index contributed by atoms with van der Waals surface area (Å²) in [5.41, 5.74) is 15.3. The topological polar surface area (TPSA) is 9.86 Å². The van der Waals surface area contributed by atoms with Gasteiger partial charge in [-0.15, -0.1) is 11.3 Å². The standard InChI is InChI=1S/C59H32N2S/c1-3-15-33(16-4-1)60-47-28-10-8-20-36(47)51-37-21-11-23-40-52(37)45(32-48(51)60)58-41-24-12-22-38-53(41)44(31-39-35-19-7-9-27-46(35)61(56(38)39)34-17-5-2-6-18-34)59(58)43-26-14-30-50-55(43)54-42(57(40,58)59)25-13-29-49(54)62-50/h1-32H. The predicted octanol–water partition coefficient (Wildman–Crippen LogP) is 14.8. The molecule has 1 saturated carbocycles. The van der Waals surface area contributed by atoms with Crippen molar-refractivity contribution in [3.05, 3.63) is 228 Å². The molecule has 0 bridgehead atoms. The van der Waals surface area contributed by atoms with Crippen LogP contribution >= 0.6 is 11.3 Å². The van der Waals surface area contributed by atoms with Crippen LogP contribution < -0.4 is 0 Å². The molecule has 10 aromatic carbocycles. The molecule has 3 heteroatoms. The molecule has 0 radical (unpaired) electrons. The first-order valence-electron chi connectivity index (χ1n) is 21.9. The van der Waals surface area contributed by atoms with Crippen molar-refractivity contribution in [1.82, 2.24) is 9.13 Å². The molecule has 0 saturated heterocycles. The van der Waals surface area contributed by atoms with Crippen LogP contribution in [-0.4, -0.2) is 9.13 Å². The summed E-state index contributed by atoms with van der Waals surface area (Å²) in [7, 11) is 0. The highest BCUT2D eigenvalue weighted by molar-refractivity contribution is 7.26. The summed E-state index contributed by atoms with van der Waals surface area (Å²) < 4.78 is 7.85. The van der Waals surface area contributed by atoms with Gasteiger partial charge in [-0.3, -0.25) is 0 Å². The number of thiophene rings is 1. The van der Waals surface area contributed by atoms with Crippen LogP contribution in [0.2, 0.25) is 0 Å². The van der Waals surface area contributed by atoms with E-state index in [0.717, 1.165) is 0 Å². The molecule has 3 heterocycles. The quantitative estimate of drug-likeness (QED) is 0.165. The Kier molecular flexibility index (Phi) is 5.07. The minimum atomic E-state index is -0.388. The monoisotopic (exact) mass is 800 g/mol. The minimum Gasteiger partial charge on any atom is -0.309 e. The molecule has 62 heavy (non-hydrogen) atoms. The highest BCUT2D eigenvalue weighted by Gasteiger charge is 2.95. The van der Waals surface area contributed by atoms with Gasteiger partial charge in [-0.25, -0.2) is 0 Å². The van der Waals surface area contributed by atoms with Crippen LogP contribution in [0.15, 0.2) is 194 Å². The summed E-state index contributed by atoms with van der Waals surface area (Å²) in [6, 6.07) is 74.7. The zero-order valence-corrected chi connectivity index (χ0v) is 34.1. The number of nitrogens with zero attached hydrogens (tertiary/aromatic N) is 2. The Morgan fingerprint density at radius 2 is 0.758 bits per heavy atom. The first-order chi connectivity index (χ1) is 30.8. The lowest BCUT2D eigenvalue weighted by atomic mass is 9.67. The molecule has 284 valence electrons. The summed E-state index contributed by atoms with van der Waals surface area (Å²) in [4.78, 5) is 0. The van der Waals surface area contributed by atoms with Crippen molar-refractivity contribution in [2.45, 2.75) is 16.2 Å². The highest BCUT2D eigenvalue weighted by Crippen LogP contribution is 2.94. The molecule has 3 aromatic heterocycles. The number of hydrogen-bond donors (Lipinski definition) is 0. The van der Waals surface area contributed by atoms with Gasteiger partial charge in [-0.1, -0.05) is 133 Å². The lowest BCUT2D eigenvalue weighted by Crippen LogP contribution is -2.28. The summed E-state index contributed by atoms with van der Waals surface area (Å²) in [6.07, 6.45) is 0. The van der Waals surface area contributed by atoms with Crippen LogP contribution in [0.4, 0.5) is 0 Å². The van der Waals surface area contributed by atoms with E-state index in [4.69, 9.17) is 0 Å². The maximum Gasteiger partial charge on any atom is 0.0619 e. The summed E-state index contributed by atoms with van der Waals surface area (Å²) in [5, 5.41) is 13.8. The van der Waals surface area contributed by atoms with Crippen LogP contribution in [0, 0.1) is 0 Å². The van der Waals surface area contributed by atoms with Crippen molar-refractivity contribution in [2.24, 2.45) is 0 Å². The summed E-state index contributed by atoms with van der Waals surface area (Å²) in [5.74, 6) is 0. The fourth-order valence-corrected chi connectivity index (χ4v) is 15.9. The Labute approximate surface area is 359 Å². The highest BCUT2D eigenvalue weighted by atomic mass is 32.1. The lowest BCUT2D eigenvalue weighted by molar-refractivity contribution is 0.704. The molecule has 1 fully saturated rings. The van der Waals surface area contributed by atoms with Gasteiger partial charge in [-0.2, -0.15) is 0 Å². The minimum absolute atomic E-state index is 0.345. The first kappa shape index (κ1) is 31.4. The van der Waals surface area contributed by atoms with E-state index in [9.17, 15) is 0 Å². The second-order valence-electron chi connectivity index (χ2n) is 18.2. The predicted molar refractivity (Wildman–Crippen MR) is 258 cm³/mol. The van der Waals surface area contributed by atoms with E-state index in [2.05, 4.69) is 203 Å². The number of para-hydroxylation sites is 4. The fraction of sp³-hybridized carbons (Fsp3) is 0.0508. The molecule has 4 aliphatic rings. The molecular formula is C59H32N2S. The summed E-state index contributed by atoms with van der Waals surface area (Å²) >= 11 is 1.97. The second-order valence-corrected chi connectivity index (χ2v) is 19.3.